The lowest BCUT2D eigenvalue weighted by Gasteiger charge is -2.20. The van der Waals surface area contributed by atoms with Gasteiger partial charge < -0.3 is 10.6 Å². The number of aromatic nitrogens is 1. The van der Waals surface area contributed by atoms with Crippen LogP contribution in [0.5, 0.6) is 0 Å². The minimum Gasteiger partial charge on any atom is -0.326 e. The summed E-state index contributed by atoms with van der Waals surface area (Å²) in [4.78, 5) is 28.5. The molecule has 24 heavy (non-hydrogen) atoms. The summed E-state index contributed by atoms with van der Waals surface area (Å²) < 4.78 is 0.998. The number of carbonyl (C=O) groups is 2. The number of nitrogens with zero attached hydrogens (tertiary/aromatic N) is 1. The molecule has 1 saturated carbocycles. The fourth-order valence-electron chi connectivity index (χ4n) is 3.08. The molecule has 1 aromatic carbocycles. The molecule has 0 aliphatic heterocycles. The van der Waals surface area contributed by atoms with E-state index in [9.17, 15) is 9.59 Å². The van der Waals surface area contributed by atoms with Gasteiger partial charge in [0.05, 0.1) is 10.2 Å². The number of hydrogen-bond donors (Lipinski definition) is 2. The van der Waals surface area contributed by atoms with Crippen molar-refractivity contribution in [3.63, 3.8) is 0 Å². The predicted octanol–water partition coefficient (Wildman–Crippen LogP) is 4.55. The maximum Gasteiger partial charge on any atom is 0.227 e. The normalized spacial score (nSPS) is 15.4. The number of fused-ring (bicyclic) bond motifs is 1. The highest BCUT2D eigenvalue weighted by molar-refractivity contribution is 7.22. The molecule has 2 aromatic rings. The average molecular weight is 345 g/mol. The molecule has 0 spiro atoms. The van der Waals surface area contributed by atoms with Crippen molar-refractivity contribution in [1.82, 2.24) is 4.98 Å². The Labute approximate surface area is 145 Å². The van der Waals surface area contributed by atoms with Gasteiger partial charge in [-0.1, -0.05) is 37.5 Å². The molecule has 1 aliphatic rings. The van der Waals surface area contributed by atoms with Crippen molar-refractivity contribution in [1.29, 1.82) is 0 Å². The Balaban J connectivity index is 1.68. The second-order valence-electron chi connectivity index (χ2n) is 6.32. The fraction of sp³-hybridized carbons (Fsp3) is 0.500. The molecule has 2 N–H and O–H groups in total. The van der Waals surface area contributed by atoms with E-state index in [1.807, 2.05) is 25.1 Å². The first-order valence-electron chi connectivity index (χ1n) is 8.67. The summed E-state index contributed by atoms with van der Waals surface area (Å²) in [5.74, 6) is 0.233. The molecule has 0 bridgehead atoms. The van der Waals surface area contributed by atoms with Gasteiger partial charge in [0.2, 0.25) is 11.8 Å². The Bertz CT molecular complexity index is 735. The SMILES string of the molecule is CCCC(=O)Nc1nc2cc(NC(=O)C3CCCCC3)ccc2s1. The third kappa shape index (κ3) is 4.12. The standard InChI is InChI=1S/C18H23N3O2S/c1-2-6-16(22)21-18-20-14-11-13(9-10-15(14)24-18)19-17(23)12-7-4-3-5-8-12/h9-12H,2-8H2,1H3,(H,19,23)(H,20,21,22). The lowest BCUT2D eigenvalue weighted by atomic mass is 9.88. The monoisotopic (exact) mass is 345 g/mol. The second kappa shape index (κ2) is 7.75. The van der Waals surface area contributed by atoms with Crippen LogP contribution in [-0.2, 0) is 9.59 Å². The van der Waals surface area contributed by atoms with E-state index in [1.165, 1.54) is 17.8 Å². The van der Waals surface area contributed by atoms with Gasteiger partial charge in [-0.3, -0.25) is 9.59 Å². The van der Waals surface area contributed by atoms with Crippen molar-refractivity contribution in [2.45, 2.75) is 51.9 Å². The molecule has 0 radical (unpaired) electrons. The Hall–Kier alpha value is -1.95. The Kier molecular flexibility index (Phi) is 5.45. The third-order valence-corrected chi connectivity index (χ3v) is 5.31. The summed E-state index contributed by atoms with van der Waals surface area (Å²) in [5, 5.41) is 6.45. The van der Waals surface area contributed by atoms with Gasteiger partial charge in [0.15, 0.2) is 5.13 Å². The molecule has 1 aromatic heterocycles. The summed E-state index contributed by atoms with van der Waals surface area (Å²) in [6.45, 7) is 1.97. The van der Waals surface area contributed by atoms with Crippen LogP contribution in [-0.4, -0.2) is 16.8 Å². The molecule has 5 nitrogen and oxygen atoms in total. The van der Waals surface area contributed by atoms with Gasteiger partial charge in [-0.05, 0) is 37.5 Å². The maximum absolute atomic E-state index is 12.3. The van der Waals surface area contributed by atoms with Crippen LogP contribution in [0.25, 0.3) is 10.2 Å². The van der Waals surface area contributed by atoms with Crippen molar-refractivity contribution in [2.75, 3.05) is 10.6 Å². The number of amides is 2. The Morgan fingerprint density at radius 1 is 1.21 bits per heavy atom. The molecule has 6 heteroatoms. The number of hydrogen-bond acceptors (Lipinski definition) is 4. The molecule has 1 aliphatic carbocycles. The average Bonchev–Trinajstić information content (AvgIpc) is 2.97. The number of anilines is 2. The number of rotatable bonds is 5. The van der Waals surface area contributed by atoms with E-state index in [1.54, 1.807) is 0 Å². The van der Waals surface area contributed by atoms with Crippen molar-refractivity contribution in [2.24, 2.45) is 5.92 Å². The van der Waals surface area contributed by atoms with Crippen molar-refractivity contribution in [3.05, 3.63) is 18.2 Å². The highest BCUT2D eigenvalue weighted by Gasteiger charge is 2.21. The van der Waals surface area contributed by atoms with Gasteiger partial charge in [-0.25, -0.2) is 4.98 Å². The minimum atomic E-state index is -0.0117. The highest BCUT2D eigenvalue weighted by Crippen LogP contribution is 2.29. The molecule has 128 valence electrons. The summed E-state index contributed by atoms with van der Waals surface area (Å²) >= 11 is 1.45. The fourth-order valence-corrected chi connectivity index (χ4v) is 3.94. The lowest BCUT2D eigenvalue weighted by Crippen LogP contribution is -2.24. The smallest absolute Gasteiger partial charge is 0.227 e. The highest BCUT2D eigenvalue weighted by atomic mass is 32.1. The van der Waals surface area contributed by atoms with Crippen LogP contribution < -0.4 is 10.6 Å². The van der Waals surface area contributed by atoms with E-state index in [2.05, 4.69) is 15.6 Å². The molecular formula is C18H23N3O2S. The number of benzene rings is 1. The van der Waals surface area contributed by atoms with Crippen LogP contribution in [0.15, 0.2) is 18.2 Å². The zero-order valence-corrected chi connectivity index (χ0v) is 14.7. The van der Waals surface area contributed by atoms with Gasteiger partial charge in [0.25, 0.3) is 0 Å². The summed E-state index contributed by atoms with van der Waals surface area (Å²) in [6.07, 6.45) is 6.80. The quantitative estimate of drug-likeness (QED) is 0.835. The number of thiazole rings is 1. The Morgan fingerprint density at radius 2 is 2.00 bits per heavy atom. The van der Waals surface area contributed by atoms with E-state index in [0.29, 0.717) is 11.6 Å². The first kappa shape index (κ1) is 16.9. The van der Waals surface area contributed by atoms with E-state index in [4.69, 9.17) is 0 Å². The maximum atomic E-state index is 12.3. The first-order valence-corrected chi connectivity index (χ1v) is 9.48. The second-order valence-corrected chi connectivity index (χ2v) is 7.35. The molecule has 1 fully saturated rings. The summed E-state index contributed by atoms with van der Waals surface area (Å²) in [6, 6.07) is 5.72. The van der Waals surface area contributed by atoms with Crippen molar-refractivity contribution >= 4 is 44.2 Å². The van der Waals surface area contributed by atoms with E-state index in [0.717, 1.165) is 48.0 Å². The summed E-state index contributed by atoms with van der Waals surface area (Å²) in [7, 11) is 0. The van der Waals surface area contributed by atoms with E-state index in [-0.39, 0.29) is 17.7 Å². The van der Waals surface area contributed by atoms with Gasteiger partial charge in [-0.15, -0.1) is 0 Å². The number of carbonyl (C=O) groups excluding carboxylic acids is 2. The zero-order valence-electron chi connectivity index (χ0n) is 13.9. The van der Waals surface area contributed by atoms with Gasteiger partial charge in [0.1, 0.15) is 0 Å². The van der Waals surface area contributed by atoms with Crippen LogP contribution in [0.4, 0.5) is 10.8 Å². The lowest BCUT2D eigenvalue weighted by molar-refractivity contribution is -0.120. The molecule has 0 saturated heterocycles. The molecule has 0 atom stereocenters. The van der Waals surface area contributed by atoms with E-state index >= 15 is 0 Å². The topological polar surface area (TPSA) is 71.1 Å². The zero-order chi connectivity index (χ0) is 16.9. The van der Waals surface area contributed by atoms with Crippen molar-refractivity contribution < 1.29 is 9.59 Å². The van der Waals surface area contributed by atoms with Gasteiger partial charge in [0, 0.05) is 18.0 Å². The molecule has 1 heterocycles. The summed E-state index contributed by atoms with van der Waals surface area (Å²) in [5.41, 5.74) is 1.57. The molecular weight excluding hydrogens is 322 g/mol. The Morgan fingerprint density at radius 3 is 2.75 bits per heavy atom. The first-order chi connectivity index (χ1) is 11.7. The van der Waals surface area contributed by atoms with Crippen LogP contribution in [0.1, 0.15) is 51.9 Å². The van der Waals surface area contributed by atoms with Crippen LogP contribution >= 0.6 is 11.3 Å². The van der Waals surface area contributed by atoms with Gasteiger partial charge >= 0.3 is 0 Å². The van der Waals surface area contributed by atoms with E-state index < -0.39 is 0 Å². The van der Waals surface area contributed by atoms with Crippen LogP contribution in [0.3, 0.4) is 0 Å². The van der Waals surface area contributed by atoms with Crippen LogP contribution in [0, 0.1) is 5.92 Å². The molecule has 2 amide bonds. The predicted molar refractivity (Wildman–Crippen MR) is 98.4 cm³/mol. The van der Waals surface area contributed by atoms with Gasteiger partial charge in [-0.2, -0.15) is 0 Å². The van der Waals surface area contributed by atoms with Crippen molar-refractivity contribution in [3.8, 4) is 0 Å². The largest absolute Gasteiger partial charge is 0.326 e. The third-order valence-electron chi connectivity index (χ3n) is 4.35. The van der Waals surface area contributed by atoms with Crippen LogP contribution in [0.2, 0.25) is 0 Å². The minimum absolute atomic E-state index is 0.0117. The molecule has 3 rings (SSSR count). The number of nitrogens with one attached hydrogen (secondary N) is 2. The molecule has 0 unspecified atom stereocenters.